The van der Waals surface area contributed by atoms with Crippen LogP contribution in [0.5, 0.6) is 11.6 Å². The van der Waals surface area contributed by atoms with Gasteiger partial charge in [-0.2, -0.15) is 4.98 Å². The van der Waals surface area contributed by atoms with Crippen molar-refractivity contribution in [1.29, 1.82) is 0 Å². The zero-order valence-electron chi connectivity index (χ0n) is 14.5. The van der Waals surface area contributed by atoms with E-state index in [4.69, 9.17) is 4.74 Å². The summed E-state index contributed by atoms with van der Waals surface area (Å²) in [7, 11) is 0. The molecule has 132 valence electrons. The fraction of sp³-hybridized carbons (Fsp3) is 0.444. The summed E-state index contributed by atoms with van der Waals surface area (Å²) in [6.45, 7) is 5.74. The predicted octanol–water partition coefficient (Wildman–Crippen LogP) is 4.29. The van der Waals surface area contributed by atoms with Crippen molar-refractivity contribution in [3.05, 3.63) is 46.3 Å². The zero-order valence-corrected chi connectivity index (χ0v) is 14.5. The summed E-state index contributed by atoms with van der Waals surface area (Å²) in [5.74, 6) is 1.26. The number of rotatable bonds is 5. The Balaban J connectivity index is 1.91. The van der Waals surface area contributed by atoms with Gasteiger partial charge in [-0.05, 0) is 42.9 Å². The van der Waals surface area contributed by atoms with Gasteiger partial charge in [-0.15, -0.1) is 0 Å². The first-order chi connectivity index (χ1) is 12.1. The largest absolute Gasteiger partial charge is 0.434 e. The average Bonchev–Trinajstić information content (AvgIpc) is 2.62. The Labute approximate surface area is 146 Å². The van der Waals surface area contributed by atoms with Crippen LogP contribution in [-0.4, -0.2) is 28.0 Å². The quantitative estimate of drug-likeness (QED) is 0.595. The van der Waals surface area contributed by atoms with Gasteiger partial charge in [0.25, 0.3) is 0 Å². The molecule has 0 radical (unpaired) electrons. The monoisotopic (exact) mass is 342 g/mol. The van der Waals surface area contributed by atoms with Gasteiger partial charge < -0.3 is 9.64 Å². The number of anilines is 1. The van der Waals surface area contributed by atoms with E-state index < -0.39 is 4.92 Å². The van der Waals surface area contributed by atoms with E-state index >= 15 is 0 Å². The molecule has 0 bridgehead atoms. The summed E-state index contributed by atoms with van der Waals surface area (Å²) in [4.78, 5) is 21.3. The fourth-order valence-electron chi connectivity index (χ4n) is 2.96. The molecule has 2 heterocycles. The van der Waals surface area contributed by atoms with E-state index in [0.717, 1.165) is 32.4 Å². The number of hydrogen-bond donors (Lipinski definition) is 0. The average molecular weight is 342 g/mol. The molecule has 0 spiro atoms. The van der Waals surface area contributed by atoms with Crippen molar-refractivity contribution in [2.24, 2.45) is 0 Å². The highest BCUT2D eigenvalue weighted by molar-refractivity contribution is 5.63. The molecule has 0 saturated carbocycles. The van der Waals surface area contributed by atoms with E-state index in [2.05, 4.69) is 23.8 Å². The molecule has 0 amide bonds. The molecular formula is C18H22N4O3. The molecule has 3 rings (SSSR count). The van der Waals surface area contributed by atoms with Crippen molar-refractivity contribution in [2.75, 3.05) is 18.0 Å². The van der Waals surface area contributed by atoms with Gasteiger partial charge in [0.2, 0.25) is 5.82 Å². The lowest BCUT2D eigenvalue weighted by molar-refractivity contribution is -0.385. The van der Waals surface area contributed by atoms with Crippen LogP contribution >= 0.6 is 0 Å². The minimum atomic E-state index is -0.457. The highest BCUT2D eigenvalue weighted by Crippen LogP contribution is 2.37. The predicted molar refractivity (Wildman–Crippen MR) is 95.4 cm³/mol. The molecule has 25 heavy (non-hydrogen) atoms. The van der Waals surface area contributed by atoms with E-state index in [9.17, 15) is 10.1 Å². The first-order valence-corrected chi connectivity index (χ1v) is 8.58. The Morgan fingerprint density at radius 1 is 1.12 bits per heavy atom. The summed E-state index contributed by atoms with van der Waals surface area (Å²) >= 11 is 0. The van der Waals surface area contributed by atoms with Gasteiger partial charge in [-0.1, -0.05) is 26.0 Å². The second-order valence-corrected chi connectivity index (χ2v) is 6.48. The molecule has 0 unspecified atom stereocenters. The van der Waals surface area contributed by atoms with Crippen molar-refractivity contribution in [1.82, 2.24) is 9.97 Å². The van der Waals surface area contributed by atoms with Crippen molar-refractivity contribution in [3.63, 3.8) is 0 Å². The normalized spacial score (nSPS) is 14.6. The summed E-state index contributed by atoms with van der Waals surface area (Å²) in [6.07, 6.45) is 4.48. The van der Waals surface area contributed by atoms with Gasteiger partial charge in [0.05, 0.1) is 4.92 Å². The first kappa shape index (κ1) is 17.1. The molecule has 1 aromatic carbocycles. The van der Waals surface area contributed by atoms with Crippen LogP contribution in [0.3, 0.4) is 0 Å². The van der Waals surface area contributed by atoms with Crippen molar-refractivity contribution in [3.8, 4) is 11.6 Å². The summed E-state index contributed by atoms with van der Waals surface area (Å²) in [5, 5.41) is 11.6. The molecule has 1 aliphatic rings. The van der Waals surface area contributed by atoms with Crippen LogP contribution in [0.15, 0.2) is 30.6 Å². The highest BCUT2D eigenvalue weighted by Gasteiger charge is 2.29. The molecule has 1 aliphatic heterocycles. The molecular weight excluding hydrogens is 320 g/mol. The molecule has 2 aromatic rings. The van der Waals surface area contributed by atoms with E-state index in [0.29, 0.717) is 17.5 Å². The van der Waals surface area contributed by atoms with E-state index in [1.807, 2.05) is 29.2 Å². The van der Waals surface area contributed by atoms with Crippen LogP contribution < -0.4 is 9.64 Å². The maximum atomic E-state index is 11.6. The lowest BCUT2D eigenvalue weighted by Gasteiger charge is -2.27. The number of nitro groups is 1. The number of hydrogen-bond acceptors (Lipinski definition) is 6. The van der Waals surface area contributed by atoms with Crippen LogP contribution in [-0.2, 0) is 0 Å². The van der Waals surface area contributed by atoms with E-state index in [1.54, 1.807) is 0 Å². The fourth-order valence-corrected chi connectivity index (χ4v) is 2.96. The Kier molecular flexibility index (Phi) is 5.11. The third kappa shape index (κ3) is 3.87. The van der Waals surface area contributed by atoms with E-state index in [-0.39, 0.29) is 11.6 Å². The number of nitrogens with zero attached hydrogens (tertiary/aromatic N) is 4. The van der Waals surface area contributed by atoms with Crippen LogP contribution in [0, 0.1) is 10.1 Å². The molecule has 7 heteroatoms. The van der Waals surface area contributed by atoms with Gasteiger partial charge in [-0.3, -0.25) is 10.1 Å². The van der Waals surface area contributed by atoms with Crippen molar-refractivity contribution >= 4 is 11.5 Å². The SMILES string of the molecule is CC(C)c1ccc(Oc2ncnc(N3CCCCC3)c2[N+](=O)[O-])cc1. The van der Waals surface area contributed by atoms with Gasteiger partial charge in [0.15, 0.2) is 0 Å². The number of piperidine rings is 1. The second kappa shape index (κ2) is 7.46. The van der Waals surface area contributed by atoms with Gasteiger partial charge in [0, 0.05) is 13.1 Å². The van der Waals surface area contributed by atoms with Crippen LogP contribution in [0.4, 0.5) is 11.5 Å². The minimum absolute atomic E-state index is 0.0159. The smallest absolute Gasteiger partial charge is 0.373 e. The maximum Gasteiger partial charge on any atom is 0.373 e. The van der Waals surface area contributed by atoms with Gasteiger partial charge in [-0.25, -0.2) is 4.98 Å². The third-order valence-electron chi connectivity index (χ3n) is 4.37. The molecule has 0 aliphatic carbocycles. The van der Waals surface area contributed by atoms with Gasteiger partial charge in [0.1, 0.15) is 12.1 Å². The van der Waals surface area contributed by atoms with Crippen LogP contribution in [0.25, 0.3) is 0 Å². The van der Waals surface area contributed by atoms with Crippen LogP contribution in [0.1, 0.15) is 44.6 Å². The first-order valence-electron chi connectivity index (χ1n) is 8.58. The third-order valence-corrected chi connectivity index (χ3v) is 4.37. The Bertz CT molecular complexity index is 740. The number of benzene rings is 1. The molecule has 1 saturated heterocycles. The van der Waals surface area contributed by atoms with Crippen molar-refractivity contribution < 1.29 is 9.66 Å². The lowest BCUT2D eigenvalue weighted by atomic mass is 10.0. The minimum Gasteiger partial charge on any atom is -0.434 e. The summed E-state index contributed by atoms with van der Waals surface area (Å²) in [5.41, 5.74) is 1.01. The molecule has 0 N–H and O–H groups in total. The standard InChI is InChI=1S/C18H22N4O3/c1-13(2)14-6-8-15(9-7-14)25-18-16(22(23)24)17(19-12-20-18)21-10-4-3-5-11-21/h6-9,12-13H,3-5,10-11H2,1-2H3. The zero-order chi connectivity index (χ0) is 17.8. The molecule has 0 atom stereocenters. The Morgan fingerprint density at radius 3 is 2.40 bits per heavy atom. The molecule has 1 aromatic heterocycles. The Morgan fingerprint density at radius 2 is 1.80 bits per heavy atom. The summed E-state index contributed by atoms with van der Waals surface area (Å²) < 4.78 is 5.72. The highest BCUT2D eigenvalue weighted by atomic mass is 16.6. The van der Waals surface area contributed by atoms with Crippen LogP contribution in [0.2, 0.25) is 0 Å². The second-order valence-electron chi connectivity index (χ2n) is 6.48. The Hall–Kier alpha value is -2.70. The summed E-state index contributed by atoms with van der Waals surface area (Å²) in [6, 6.07) is 7.53. The lowest BCUT2D eigenvalue weighted by Crippen LogP contribution is -2.30. The molecule has 7 nitrogen and oxygen atoms in total. The van der Waals surface area contributed by atoms with Gasteiger partial charge >= 0.3 is 11.6 Å². The number of aromatic nitrogens is 2. The van der Waals surface area contributed by atoms with E-state index in [1.165, 1.54) is 11.9 Å². The maximum absolute atomic E-state index is 11.6. The molecule has 1 fully saturated rings. The number of ether oxygens (including phenoxy) is 1. The van der Waals surface area contributed by atoms with Crippen molar-refractivity contribution in [2.45, 2.75) is 39.0 Å². The topological polar surface area (TPSA) is 81.4 Å².